The molecule has 4 rings (SSSR count). The Kier molecular flexibility index (Phi) is 4.03. The van der Waals surface area contributed by atoms with Gasteiger partial charge in [-0.25, -0.2) is 4.79 Å². The van der Waals surface area contributed by atoms with Crippen molar-refractivity contribution in [3.63, 3.8) is 0 Å². The van der Waals surface area contributed by atoms with E-state index < -0.39 is 17.8 Å². The van der Waals surface area contributed by atoms with Crippen LogP contribution in [0.2, 0.25) is 0 Å². The van der Waals surface area contributed by atoms with E-state index in [0.29, 0.717) is 30.6 Å². The summed E-state index contributed by atoms with van der Waals surface area (Å²) in [6.07, 6.45) is 3.16. The Hall–Kier alpha value is -2.67. The molecule has 1 aromatic rings. The predicted octanol–water partition coefficient (Wildman–Crippen LogP) is 2.03. The summed E-state index contributed by atoms with van der Waals surface area (Å²) in [7, 11) is 0. The summed E-state index contributed by atoms with van der Waals surface area (Å²) in [5, 5.41) is 0. The molecule has 1 fully saturated rings. The molecule has 2 amide bonds. The van der Waals surface area contributed by atoms with Gasteiger partial charge in [0.2, 0.25) is 11.5 Å². The number of hydrogen-bond acceptors (Lipinski definition) is 6. The Morgan fingerprint density at radius 2 is 1.96 bits per heavy atom. The average Bonchev–Trinajstić information content (AvgIpc) is 3.18. The van der Waals surface area contributed by atoms with Gasteiger partial charge in [0.1, 0.15) is 0 Å². The highest BCUT2D eigenvalue weighted by molar-refractivity contribution is 6.21. The first-order valence-electron chi connectivity index (χ1n) is 8.73. The zero-order valence-corrected chi connectivity index (χ0v) is 14.4. The van der Waals surface area contributed by atoms with Crippen LogP contribution in [0.15, 0.2) is 36.1 Å². The van der Waals surface area contributed by atoms with E-state index in [1.807, 2.05) is 0 Å². The lowest BCUT2D eigenvalue weighted by molar-refractivity contribution is -0.208. The second kappa shape index (κ2) is 6.25. The molecule has 0 saturated carbocycles. The second-order valence-electron chi connectivity index (χ2n) is 6.51. The van der Waals surface area contributed by atoms with Gasteiger partial charge in [-0.05, 0) is 31.6 Å². The van der Waals surface area contributed by atoms with Crippen LogP contribution >= 0.6 is 0 Å². The topological polar surface area (TPSA) is 82.1 Å². The van der Waals surface area contributed by atoms with Gasteiger partial charge >= 0.3 is 5.97 Å². The third kappa shape index (κ3) is 2.59. The van der Waals surface area contributed by atoms with E-state index in [1.165, 1.54) is 11.0 Å². The van der Waals surface area contributed by atoms with E-state index in [1.54, 1.807) is 31.2 Å². The first kappa shape index (κ1) is 16.8. The number of benzene rings is 1. The van der Waals surface area contributed by atoms with E-state index in [4.69, 9.17) is 14.2 Å². The molecule has 0 radical (unpaired) electrons. The van der Waals surface area contributed by atoms with Crippen molar-refractivity contribution in [1.29, 1.82) is 0 Å². The highest BCUT2D eigenvalue weighted by Gasteiger charge is 2.49. The molecule has 2 atom stereocenters. The molecule has 7 heteroatoms. The fraction of sp³-hybridized carbons (Fsp3) is 0.421. The lowest BCUT2D eigenvalue weighted by Crippen LogP contribution is -2.49. The molecule has 1 saturated heterocycles. The zero-order valence-electron chi connectivity index (χ0n) is 14.4. The molecule has 0 unspecified atom stereocenters. The molecule has 0 aliphatic carbocycles. The van der Waals surface area contributed by atoms with Crippen molar-refractivity contribution in [1.82, 2.24) is 4.90 Å². The molecule has 0 bridgehead atoms. The molecule has 136 valence electrons. The minimum atomic E-state index is -1.00. The van der Waals surface area contributed by atoms with Crippen LogP contribution in [-0.4, -0.2) is 47.7 Å². The minimum Gasteiger partial charge on any atom is -0.460 e. The largest absolute Gasteiger partial charge is 0.460 e. The summed E-state index contributed by atoms with van der Waals surface area (Å²) in [6.45, 7) is 2.40. The molecule has 26 heavy (non-hydrogen) atoms. The van der Waals surface area contributed by atoms with E-state index in [0.717, 1.165) is 6.42 Å². The number of amides is 2. The molecule has 0 N–H and O–H groups in total. The fourth-order valence-corrected chi connectivity index (χ4v) is 3.73. The average molecular weight is 357 g/mol. The quantitative estimate of drug-likeness (QED) is 0.608. The van der Waals surface area contributed by atoms with E-state index in [2.05, 4.69) is 0 Å². The lowest BCUT2D eigenvalue weighted by Gasteiger charge is -2.38. The number of ether oxygens (including phenoxy) is 3. The normalized spacial score (nSPS) is 27.3. The van der Waals surface area contributed by atoms with Crippen molar-refractivity contribution in [3.8, 4) is 0 Å². The summed E-state index contributed by atoms with van der Waals surface area (Å²) in [4.78, 5) is 39.0. The van der Waals surface area contributed by atoms with Crippen molar-refractivity contribution in [2.24, 2.45) is 0 Å². The van der Waals surface area contributed by atoms with Crippen molar-refractivity contribution < 1.29 is 28.6 Å². The number of imide groups is 1. The summed E-state index contributed by atoms with van der Waals surface area (Å²) < 4.78 is 16.6. The van der Waals surface area contributed by atoms with Crippen molar-refractivity contribution >= 4 is 17.8 Å². The van der Waals surface area contributed by atoms with Gasteiger partial charge in [-0.15, -0.1) is 0 Å². The molecule has 1 aromatic carbocycles. The maximum Gasteiger partial charge on any atom is 0.373 e. The number of carbonyl (C=O) groups is 3. The van der Waals surface area contributed by atoms with E-state index >= 15 is 0 Å². The van der Waals surface area contributed by atoms with Gasteiger partial charge in [-0.1, -0.05) is 12.1 Å². The van der Waals surface area contributed by atoms with Crippen LogP contribution in [-0.2, 0) is 19.0 Å². The third-order valence-corrected chi connectivity index (χ3v) is 4.86. The molecule has 1 spiro atoms. The lowest BCUT2D eigenvalue weighted by atomic mass is 9.98. The Bertz CT molecular complexity index is 773. The third-order valence-electron chi connectivity index (χ3n) is 4.86. The molecule has 3 aliphatic heterocycles. The maximum absolute atomic E-state index is 12.8. The van der Waals surface area contributed by atoms with Crippen molar-refractivity contribution in [2.75, 3.05) is 13.2 Å². The van der Waals surface area contributed by atoms with Gasteiger partial charge in [0.25, 0.3) is 11.8 Å². The number of carbonyl (C=O) groups excluding carboxylic acids is 3. The molecule has 7 nitrogen and oxygen atoms in total. The first-order chi connectivity index (χ1) is 12.5. The molecular formula is C19H19NO6. The first-order valence-corrected chi connectivity index (χ1v) is 8.73. The number of esters is 1. The van der Waals surface area contributed by atoms with Crippen LogP contribution in [0.4, 0.5) is 0 Å². The Morgan fingerprint density at radius 1 is 1.27 bits per heavy atom. The Balaban J connectivity index is 1.70. The molecule has 0 aromatic heterocycles. The van der Waals surface area contributed by atoms with Crippen LogP contribution in [0, 0.1) is 0 Å². The predicted molar refractivity (Wildman–Crippen MR) is 89.1 cm³/mol. The smallest absolute Gasteiger partial charge is 0.373 e. The highest BCUT2D eigenvalue weighted by atomic mass is 16.7. The summed E-state index contributed by atoms with van der Waals surface area (Å²) >= 11 is 0. The Labute approximate surface area is 150 Å². The van der Waals surface area contributed by atoms with Crippen molar-refractivity contribution in [2.45, 2.75) is 38.0 Å². The summed E-state index contributed by atoms with van der Waals surface area (Å²) in [6, 6.07) is 6.07. The van der Waals surface area contributed by atoms with Gasteiger partial charge in [0, 0.05) is 12.8 Å². The molecular weight excluding hydrogens is 338 g/mol. The van der Waals surface area contributed by atoms with Crippen molar-refractivity contribution in [3.05, 3.63) is 47.2 Å². The van der Waals surface area contributed by atoms with Crippen LogP contribution in [0.5, 0.6) is 0 Å². The second-order valence-corrected chi connectivity index (χ2v) is 6.51. The molecule has 3 aliphatic rings. The van der Waals surface area contributed by atoms with Gasteiger partial charge in [-0.3, -0.25) is 14.5 Å². The standard InChI is InChI=1S/C19H19NO6/c1-2-24-18(23)15-10-12(11-19(26-15)8-5-9-25-19)20-16(21)13-6-3-4-7-14(13)17(20)22/h3-4,6-7,10,12H,2,5,8-9,11H2,1H3/t12-,19-/m0/s1. The highest BCUT2D eigenvalue weighted by Crippen LogP contribution is 2.40. The van der Waals surface area contributed by atoms with Crippen LogP contribution in [0.3, 0.4) is 0 Å². The van der Waals surface area contributed by atoms with Crippen LogP contribution in [0.1, 0.15) is 46.9 Å². The zero-order chi connectivity index (χ0) is 18.3. The van der Waals surface area contributed by atoms with Gasteiger partial charge in [0.05, 0.1) is 30.4 Å². The van der Waals surface area contributed by atoms with Gasteiger partial charge in [-0.2, -0.15) is 0 Å². The van der Waals surface area contributed by atoms with E-state index in [-0.39, 0.29) is 24.2 Å². The Morgan fingerprint density at radius 3 is 2.54 bits per heavy atom. The SMILES string of the molecule is CCOC(=O)C1=C[C@H](N2C(=O)c3ccccc3C2=O)C[C@]2(CCCO2)O1. The van der Waals surface area contributed by atoms with Crippen LogP contribution in [0.25, 0.3) is 0 Å². The van der Waals surface area contributed by atoms with Gasteiger partial charge in [0.15, 0.2) is 0 Å². The minimum absolute atomic E-state index is 0.0124. The summed E-state index contributed by atoms with van der Waals surface area (Å²) in [5.41, 5.74) is 0.743. The summed E-state index contributed by atoms with van der Waals surface area (Å²) in [5.74, 6) is -2.38. The number of nitrogens with zero attached hydrogens (tertiary/aromatic N) is 1. The number of hydrogen-bond donors (Lipinski definition) is 0. The number of fused-ring (bicyclic) bond motifs is 1. The maximum atomic E-state index is 12.8. The monoisotopic (exact) mass is 357 g/mol. The van der Waals surface area contributed by atoms with Gasteiger partial charge < -0.3 is 14.2 Å². The van der Waals surface area contributed by atoms with E-state index in [9.17, 15) is 14.4 Å². The molecule has 3 heterocycles. The number of rotatable bonds is 3. The fourth-order valence-electron chi connectivity index (χ4n) is 3.73. The van der Waals surface area contributed by atoms with Crippen LogP contribution < -0.4 is 0 Å².